The lowest BCUT2D eigenvalue weighted by atomic mass is 10.3. The SMILES string of the molecule is CCN(CC)C1C=CC=CN1. The van der Waals surface area contributed by atoms with Gasteiger partial charge in [-0.15, -0.1) is 0 Å². The number of nitrogens with zero attached hydrogens (tertiary/aromatic N) is 1. The second kappa shape index (κ2) is 4.19. The van der Waals surface area contributed by atoms with Gasteiger partial charge in [0.1, 0.15) is 0 Å². The Morgan fingerprint density at radius 2 is 2.00 bits per heavy atom. The lowest BCUT2D eigenvalue weighted by molar-refractivity contribution is 0.234. The maximum Gasteiger partial charge on any atom is 0.0984 e. The van der Waals surface area contributed by atoms with Crippen LogP contribution in [0.2, 0.25) is 0 Å². The van der Waals surface area contributed by atoms with Crippen molar-refractivity contribution in [2.75, 3.05) is 13.1 Å². The molecular weight excluding hydrogens is 136 g/mol. The van der Waals surface area contributed by atoms with Gasteiger partial charge in [-0.3, -0.25) is 4.90 Å². The molecule has 0 radical (unpaired) electrons. The van der Waals surface area contributed by atoms with Crippen molar-refractivity contribution < 1.29 is 0 Å². The highest BCUT2D eigenvalue weighted by molar-refractivity contribution is 5.11. The highest BCUT2D eigenvalue weighted by atomic mass is 15.2. The summed E-state index contributed by atoms with van der Waals surface area (Å²) in [6.07, 6.45) is 8.66. The molecule has 2 heteroatoms. The summed E-state index contributed by atoms with van der Waals surface area (Å²) in [5.41, 5.74) is 0. The Morgan fingerprint density at radius 1 is 1.27 bits per heavy atom. The van der Waals surface area contributed by atoms with Crippen LogP contribution < -0.4 is 5.32 Å². The Kier molecular flexibility index (Phi) is 3.17. The van der Waals surface area contributed by atoms with Crippen molar-refractivity contribution in [3.63, 3.8) is 0 Å². The molecular formula is C9H16N2. The molecule has 1 N–H and O–H groups in total. The van der Waals surface area contributed by atoms with E-state index in [1.165, 1.54) is 0 Å². The van der Waals surface area contributed by atoms with Gasteiger partial charge < -0.3 is 5.32 Å². The number of dihydropyridines is 1. The average Bonchev–Trinajstić information content (AvgIpc) is 2.09. The molecule has 1 rings (SSSR count). The standard InChI is InChI=1S/C9H16N2/c1-3-11(4-2)9-7-5-6-8-10-9/h5-10H,3-4H2,1-2H3. The second-order valence-electron chi connectivity index (χ2n) is 2.58. The highest BCUT2D eigenvalue weighted by Crippen LogP contribution is 2.00. The topological polar surface area (TPSA) is 15.3 Å². The molecule has 0 aromatic carbocycles. The van der Waals surface area contributed by atoms with E-state index in [2.05, 4.69) is 36.2 Å². The van der Waals surface area contributed by atoms with Crippen LogP contribution >= 0.6 is 0 Å². The lowest BCUT2D eigenvalue weighted by Crippen LogP contribution is -2.42. The smallest absolute Gasteiger partial charge is 0.0984 e. The first-order chi connectivity index (χ1) is 5.38. The number of hydrogen-bond donors (Lipinski definition) is 1. The van der Waals surface area contributed by atoms with Gasteiger partial charge in [0.25, 0.3) is 0 Å². The number of rotatable bonds is 3. The fraction of sp³-hybridized carbons (Fsp3) is 0.556. The van der Waals surface area contributed by atoms with Gasteiger partial charge in [0, 0.05) is 0 Å². The van der Waals surface area contributed by atoms with Gasteiger partial charge in [0.2, 0.25) is 0 Å². The largest absolute Gasteiger partial charge is 0.372 e. The van der Waals surface area contributed by atoms with Crippen LogP contribution in [0.3, 0.4) is 0 Å². The summed E-state index contributed by atoms with van der Waals surface area (Å²) >= 11 is 0. The first-order valence-electron chi connectivity index (χ1n) is 4.22. The summed E-state index contributed by atoms with van der Waals surface area (Å²) in [5, 5.41) is 3.28. The van der Waals surface area contributed by atoms with Crippen LogP contribution in [0.4, 0.5) is 0 Å². The molecule has 0 bridgehead atoms. The van der Waals surface area contributed by atoms with Crippen molar-refractivity contribution in [2.24, 2.45) is 0 Å². The summed E-state index contributed by atoms with van der Waals surface area (Å²) < 4.78 is 0. The molecule has 62 valence electrons. The van der Waals surface area contributed by atoms with Crippen LogP contribution in [0.15, 0.2) is 24.4 Å². The third kappa shape index (κ3) is 2.09. The van der Waals surface area contributed by atoms with Crippen LogP contribution in [-0.4, -0.2) is 24.2 Å². The summed E-state index contributed by atoms with van der Waals surface area (Å²) in [6.45, 7) is 6.54. The molecule has 0 saturated carbocycles. The van der Waals surface area contributed by atoms with Crippen molar-refractivity contribution in [3.8, 4) is 0 Å². The molecule has 1 aliphatic rings. The van der Waals surface area contributed by atoms with Gasteiger partial charge in [-0.1, -0.05) is 19.9 Å². The zero-order valence-corrected chi connectivity index (χ0v) is 7.25. The highest BCUT2D eigenvalue weighted by Gasteiger charge is 2.10. The van der Waals surface area contributed by atoms with Crippen LogP contribution in [0.5, 0.6) is 0 Å². The molecule has 0 aromatic heterocycles. The number of likely N-dealkylation sites (N-methyl/N-ethyl adjacent to an activating group) is 1. The minimum absolute atomic E-state index is 0.398. The van der Waals surface area contributed by atoms with Gasteiger partial charge in [0.15, 0.2) is 0 Å². The molecule has 11 heavy (non-hydrogen) atoms. The van der Waals surface area contributed by atoms with Crippen molar-refractivity contribution >= 4 is 0 Å². The number of allylic oxidation sites excluding steroid dienone is 2. The zero-order valence-electron chi connectivity index (χ0n) is 7.25. The number of nitrogens with one attached hydrogen (secondary N) is 1. The van der Waals surface area contributed by atoms with Gasteiger partial charge in [0.05, 0.1) is 6.17 Å². The van der Waals surface area contributed by atoms with E-state index in [-0.39, 0.29) is 0 Å². The Hall–Kier alpha value is -0.760. The fourth-order valence-electron chi connectivity index (χ4n) is 1.28. The first-order valence-corrected chi connectivity index (χ1v) is 4.22. The van der Waals surface area contributed by atoms with Gasteiger partial charge in [-0.25, -0.2) is 0 Å². The minimum Gasteiger partial charge on any atom is -0.372 e. The van der Waals surface area contributed by atoms with Crippen LogP contribution in [-0.2, 0) is 0 Å². The quantitative estimate of drug-likeness (QED) is 0.656. The molecule has 0 fully saturated rings. The Balaban J connectivity index is 2.45. The van der Waals surface area contributed by atoms with Gasteiger partial charge in [-0.2, -0.15) is 0 Å². The Morgan fingerprint density at radius 3 is 2.45 bits per heavy atom. The molecule has 1 aliphatic heterocycles. The molecule has 1 atom stereocenters. The van der Waals surface area contributed by atoms with Crippen molar-refractivity contribution in [1.82, 2.24) is 10.2 Å². The van der Waals surface area contributed by atoms with Crippen molar-refractivity contribution in [3.05, 3.63) is 24.4 Å². The van der Waals surface area contributed by atoms with Crippen LogP contribution in [0.1, 0.15) is 13.8 Å². The van der Waals surface area contributed by atoms with E-state index in [0.29, 0.717) is 6.17 Å². The van der Waals surface area contributed by atoms with Crippen LogP contribution in [0.25, 0.3) is 0 Å². The first kappa shape index (κ1) is 8.34. The van der Waals surface area contributed by atoms with Crippen LogP contribution in [0, 0.1) is 0 Å². The summed E-state index contributed by atoms with van der Waals surface area (Å²) in [7, 11) is 0. The summed E-state index contributed by atoms with van der Waals surface area (Å²) in [5.74, 6) is 0. The molecule has 0 amide bonds. The molecule has 0 spiro atoms. The maximum atomic E-state index is 3.28. The zero-order chi connectivity index (χ0) is 8.10. The monoisotopic (exact) mass is 152 g/mol. The van der Waals surface area contributed by atoms with E-state index in [4.69, 9.17) is 0 Å². The molecule has 2 nitrogen and oxygen atoms in total. The van der Waals surface area contributed by atoms with E-state index < -0.39 is 0 Å². The van der Waals surface area contributed by atoms with E-state index in [0.717, 1.165) is 13.1 Å². The third-order valence-corrected chi connectivity index (χ3v) is 1.97. The van der Waals surface area contributed by atoms with Gasteiger partial charge in [-0.05, 0) is 31.4 Å². The third-order valence-electron chi connectivity index (χ3n) is 1.97. The van der Waals surface area contributed by atoms with Gasteiger partial charge >= 0.3 is 0 Å². The lowest BCUT2D eigenvalue weighted by Gasteiger charge is -2.28. The van der Waals surface area contributed by atoms with Crippen molar-refractivity contribution in [2.45, 2.75) is 20.0 Å². The average molecular weight is 152 g/mol. The predicted octanol–water partition coefficient (Wildman–Crippen LogP) is 1.33. The predicted molar refractivity (Wildman–Crippen MR) is 48.1 cm³/mol. The number of hydrogen-bond acceptors (Lipinski definition) is 2. The maximum absolute atomic E-state index is 3.28. The van der Waals surface area contributed by atoms with E-state index in [1.54, 1.807) is 0 Å². The second-order valence-corrected chi connectivity index (χ2v) is 2.58. The van der Waals surface area contributed by atoms with E-state index in [1.807, 2.05) is 12.3 Å². The summed E-state index contributed by atoms with van der Waals surface area (Å²) in [4.78, 5) is 2.36. The summed E-state index contributed by atoms with van der Waals surface area (Å²) in [6, 6.07) is 0. The molecule has 1 heterocycles. The Bertz CT molecular complexity index is 157. The molecule has 0 aromatic rings. The normalized spacial score (nSPS) is 22.3. The van der Waals surface area contributed by atoms with E-state index >= 15 is 0 Å². The Labute approximate surface area is 68.6 Å². The fourth-order valence-corrected chi connectivity index (χ4v) is 1.28. The minimum atomic E-state index is 0.398. The van der Waals surface area contributed by atoms with Crippen molar-refractivity contribution in [1.29, 1.82) is 0 Å². The van der Waals surface area contributed by atoms with E-state index in [9.17, 15) is 0 Å². The molecule has 0 aliphatic carbocycles. The molecule has 1 unspecified atom stereocenters. The molecule has 0 saturated heterocycles.